The molecule has 2 saturated carbocycles. The zero-order chi connectivity index (χ0) is 45.7. The summed E-state index contributed by atoms with van der Waals surface area (Å²) < 4.78 is 0. The minimum absolute atomic E-state index is 0.0540. The highest BCUT2D eigenvalue weighted by Crippen LogP contribution is 2.61. The second-order valence-corrected chi connectivity index (χ2v) is 21.5. The van der Waals surface area contributed by atoms with Crippen LogP contribution in [-0.2, 0) is 0 Å². The van der Waals surface area contributed by atoms with E-state index in [1.807, 2.05) is 0 Å². The molecule has 9 aromatic carbocycles. The van der Waals surface area contributed by atoms with Crippen molar-refractivity contribution in [1.82, 2.24) is 0 Å². The Morgan fingerprint density at radius 3 is 1.12 bits per heavy atom. The highest BCUT2D eigenvalue weighted by Gasteiger charge is 2.52. The molecule has 2 fully saturated rings. The molecule has 13 rings (SSSR count). The number of rotatable bonds is 6. The fraction of sp³-hybridized carbons (Fsp3) is 0.242. The van der Waals surface area contributed by atoms with Crippen LogP contribution in [0.1, 0.15) is 89.2 Å². The largest absolute Gasteiger partial charge is 0.335 e. The zero-order valence-corrected chi connectivity index (χ0v) is 39.9. The van der Waals surface area contributed by atoms with Crippen molar-refractivity contribution < 1.29 is 0 Å². The Labute approximate surface area is 402 Å². The normalized spacial score (nSPS) is 23.9. The van der Waals surface area contributed by atoms with Crippen LogP contribution in [0.3, 0.4) is 0 Å². The molecule has 0 bridgehead atoms. The Balaban J connectivity index is 0.993. The second-order valence-electron chi connectivity index (χ2n) is 21.5. The van der Waals surface area contributed by atoms with Crippen LogP contribution in [0.2, 0.25) is 0 Å². The van der Waals surface area contributed by atoms with E-state index < -0.39 is 0 Å². The SMILES string of the molecule is CC1CCC2(C)C(C1)c1cc(-c3ccc4c(-c5ccccc5)c5cc(-c6ccc7c(c6)C6CC(C)CCC6(C)N7c6ccccc6)ccc5c(-c5ccccc5)c4c3)ccc1N2c1ccccc1. The van der Waals surface area contributed by atoms with Crippen LogP contribution in [0, 0.1) is 11.8 Å². The van der Waals surface area contributed by atoms with E-state index in [1.54, 1.807) is 0 Å². The van der Waals surface area contributed by atoms with Crippen LogP contribution in [0.5, 0.6) is 0 Å². The summed E-state index contributed by atoms with van der Waals surface area (Å²) in [6, 6.07) is 73.9. The van der Waals surface area contributed by atoms with Gasteiger partial charge in [0.1, 0.15) is 0 Å². The van der Waals surface area contributed by atoms with Crippen LogP contribution >= 0.6 is 0 Å². The molecular formula is C66H60N2. The lowest BCUT2D eigenvalue weighted by Gasteiger charge is -2.45. The highest BCUT2D eigenvalue weighted by molar-refractivity contribution is 6.22. The molecule has 2 heteroatoms. The van der Waals surface area contributed by atoms with Gasteiger partial charge in [0.25, 0.3) is 0 Å². The Bertz CT molecular complexity index is 3150. The number of anilines is 4. The standard InChI is InChI=1S/C66H60N2/c1-43-33-35-65(3)59(37-43)57-41-49(27-31-61(57)67(65)51-21-13-7-14-22-51)47-25-29-53-55(39-47)63(45-17-9-5-10-18-45)54-30-26-48(40-56(54)64(53)46-19-11-6-12-20-46)50-28-32-62-58(42-50)60-38-44(2)34-36-66(60,4)68(62)52-23-15-8-16-24-52/h5-32,39-44,59-60H,33-38H2,1-4H3. The molecule has 2 heterocycles. The maximum Gasteiger partial charge on any atom is 0.0492 e. The average Bonchev–Trinajstić information content (AvgIpc) is 3.79. The summed E-state index contributed by atoms with van der Waals surface area (Å²) in [7, 11) is 0. The van der Waals surface area contributed by atoms with Crippen molar-refractivity contribution in [2.75, 3.05) is 9.80 Å². The smallest absolute Gasteiger partial charge is 0.0492 e. The van der Waals surface area contributed by atoms with Crippen molar-refractivity contribution in [1.29, 1.82) is 0 Å². The molecule has 0 amide bonds. The summed E-state index contributed by atoms with van der Waals surface area (Å²) in [6.07, 6.45) is 7.37. The van der Waals surface area contributed by atoms with E-state index in [0.717, 1.165) is 0 Å². The van der Waals surface area contributed by atoms with E-state index in [-0.39, 0.29) is 11.1 Å². The van der Waals surface area contributed by atoms with Crippen molar-refractivity contribution in [3.05, 3.63) is 205 Å². The maximum atomic E-state index is 2.68. The topological polar surface area (TPSA) is 6.48 Å². The van der Waals surface area contributed by atoms with Gasteiger partial charge in [-0.15, -0.1) is 0 Å². The predicted octanol–water partition coefficient (Wildman–Crippen LogP) is 18.3. The van der Waals surface area contributed by atoms with Gasteiger partial charge in [-0.05, 0) is 202 Å². The lowest BCUT2D eigenvalue weighted by Crippen LogP contribution is -2.46. The molecule has 2 aliphatic carbocycles. The van der Waals surface area contributed by atoms with Crippen LogP contribution < -0.4 is 9.80 Å². The molecule has 6 atom stereocenters. The molecule has 0 aromatic heterocycles. The number of fused-ring (bicyclic) bond motifs is 8. The molecule has 2 aliphatic heterocycles. The van der Waals surface area contributed by atoms with E-state index >= 15 is 0 Å². The van der Waals surface area contributed by atoms with Gasteiger partial charge in [0, 0.05) is 45.7 Å². The van der Waals surface area contributed by atoms with Crippen LogP contribution in [-0.4, -0.2) is 11.1 Å². The summed E-state index contributed by atoms with van der Waals surface area (Å²) in [6.45, 7) is 9.96. The molecule has 0 saturated heterocycles. The van der Waals surface area contributed by atoms with Crippen LogP contribution in [0.25, 0.3) is 66.1 Å². The molecule has 0 N–H and O–H groups in total. The van der Waals surface area contributed by atoms with Gasteiger partial charge in [-0.1, -0.05) is 147 Å². The Morgan fingerprint density at radius 1 is 0.368 bits per heavy atom. The first kappa shape index (κ1) is 41.3. The van der Waals surface area contributed by atoms with E-state index in [1.165, 1.54) is 138 Å². The van der Waals surface area contributed by atoms with Gasteiger partial charge >= 0.3 is 0 Å². The summed E-state index contributed by atoms with van der Waals surface area (Å²) in [5.74, 6) is 2.38. The van der Waals surface area contributed by atoms with E-state index in [0.29, 0.717) is 23.7 Å². The summed E-state index contributed by atoms with van der Waals surface area (Å²) in [5, 5.41) is 5.15. The van der Waals surface area contributed by atoms with Gasteiger partial charge in [0.05, 0.1) is 0 Å². The maximum absolute atomic E-state index is 2.68. The molecule has 68 heavy (non-hydrogen) atoms. The van der Waals surface area contributed by atoms with Gasteiger partial charge < -0.3 is 9.80 Å². The summed E-state index contributed by atoms with van der Waals surface area (Å²) in [5.41, 5.74) is 18.7. The van der Waals surface area contributed by atoms with Gasteiger partial charge in [-0.25, -0.2) is 0 Å². The molecule has 6 unspecified atom stereocenters. The van der Waals surface area contributed by atoms with E-state index in [9.17, 15) is 0 Å². The first-order valence-electron chi connectivity index (χ1n) is 25.4. The number of hydrogen-bond acceptors (Lipinski definition) is 2. The van der Waals surface area contributed by atoms with Crippen molar-refractivity contribution in [2.45, 2.75) is 89.1 Å². The molecule has 0 spiro atoms. The third-order valence-electron chi connectivity index (χ3n) is 17.3. The third kappa shape index (κ3) is 6.36. The fourth-order valence-electron chi connectivity index (χ4n) is 13.9. The molecular weight excluding hydrogens is 821 g/mol. The highest BCUT2D eigenvalue weighted by atomic mass is 15.2. The predicted molar refractivity (Wildman–Crippen MR) is 289 cm³/mol. The van der Waals surface area contributed by atoms with Crippen LogP contribution in [0.4, 0.5) is 22.7 Å². The number of para-hydroxylation sites is 2. The first-order valence-corrected chi connectivity index (χ1v) is 25.4. The fourth-order valence-corrected chi connectivity index (χ4v) is 13.9. The summed E-state index contributed by atoms with van der Waals surface area (Å²) in [4.78, 5) is 5.36. The average molecular weight is 881 g/mol. The molecule has 0 radical (unpaired) electrons. The van der Waals surface area contributed by atoms with Crippen molar-refractivity contribution in [3.63, 3.8) is 0 Å². The van der Waals surface area contributed by atoms with Gasteiger partial charge in [0.2, 0.25) is 0 Å². The molecule has 334 valence electrons. The Morgan fingerprint density at radius 2 is 0.721 bits per heavy atom. The quantitative estimate of drug-likeness (QED) is 0.154. The van der Waals surface area contributed by atoms with Crippen molar-refractivity contribution in [3.8, 4) is 44.5 Å². The third-order valence-corrected chi connectivity index (χ3v) is 17.3. The van der Waals surface area contributed by atoms with Gasteiger partial charge in [0.15, 0.2) is 0 Å². The van der Waals surface area contributed by atoms with Crippen LogP contribution in [0.15, 0.2) is 194 Å². The van der Waals surface area contributed by atoms with Crippen molar-refractivity contribution in [2.24, 2.45) is 11.8 Å². The summed E-state index contributed by atoms with van der Waals surface area (Å²) >= 11 is 0. The van der Waals surface area contributed by atoms with Crippen molar-refractivity contribution >= 4 is 44.3 Å². The van der Waals surface area contributed by atoms with E-state index in [2.05, 4.69) is 232 Å². The second kappa shape index (κ2) is 15.8. The Kier molecular flexibility index (Phi) is 9.62. The Hall–Kier alpha value is -6.90. The van der Waals surface area contributed by atoms with E-state index in [4.69, 9.17) is 0 Å². The molecule has 2 nitrogen and oxygen atoms in total. The van der Waals surface area contributed by atoms with Gasteiger partial charge in [-0.3, -0.25) is 0 Å². The monoisotopic (exact) mass is 880 g/mol. The molecule has 4 aliphatic rings. The number of benzene rings is 9. The van der Waals surface area contributed by atoms with Gasteiger partial charge in [-0.2, -0.15) is 0 Å². The zero-order valence-electron chi connectivity index (χ0n) is 39.9. The lowest BCUT2D eigenvalue weighted by molar-refractivity contribution is 0.237. The molecule has 9 aromatic rings. The first-order chi connectivity index (χ1) is 33.3. The number of nitrogens with zero attached hydrogens (tertiary/aromatic N) is 2. The number of hydrogen-bond donors (Lipinski definition) is 0. The lowest BCUT2D eigenvalue weighted by atomic mass is 9.69. The minimum Gasteiger partial charge on any atom is -0.335 e. The minimum atomic E-state index is 0.0540.